The number of hydrogen-bond acceptors (Lipinski definition) is 5. The molecule has 3 rings (SSSR count). The highest BCUT2D eigenvalue weighted by atomic mass is 16.5. The van der Waals surface area contributed by atoms with Crippen LogP contribution in [0.4, 0.5) is 0 Å². The van der Waals surface area contributed by atoms with Crippen molar-refractivity contribution in [1.29, 1.82) is 0 Å². The van der Waals surface area contributed by atoms with Crippen molar-refractivity contribution in [3.63, 3.8) is 0 Å². The van der Waals surface area contributed by atoms with Crippen molar-refractivity contribution in [3.05, 3.63) is 60.2 Å². The summed E-state index contributed by atoms with van der Waals surface area (Å²) in [6, 6.07) is 11.3. The summed E-state index contributed by atoms with van der Waals surface area (Å²) in [6.07, 6.45) is 2.16. The highest BCUT2D eigenvalue weighted by molar-refractivity contribution is 5.78. The summed E-state index contributed by atoms with van der Waals surface area (Å²) in [5.41, 5.74) is 2.06. The van der Waals surface area contributed by atoms with E-state index in [0.717, 1.165) is 10.9 Å². The van der Waals surface area contributed by atoms with Crippen molar-refractivity contribution >= 4 is 10.9 Å². The molecular formula is C15H13N3O2. The van der Waals surface area contributed by atoms with Crippen LogP contribution >= 0.6 is 0 Å². The first-order valence-electron chi connectivity index (χ1n) is 6.16. The molecule has 0 bridgehead atoms. The second-order valence-corrected chi connectivity index (χ2v) is 4.35. The van der Waals surface area contributed by atoms with Gasteiger partial charge in [-0.15, -0.1) is 0 Å². The third-order valence-electron chi connectivity index (χ3n) is 3.08. The van der Waals surface area contributed by atoms with Gasteiger partial charge in [0.05, 0.1) is 18.3 Å². The zero-order valence-electron chi connectivity index (χ0n) is 10.9. The second-order valence-electron chi connectivity index (χ2n) is 4.35. The van der Waals surface area contributed by atoms with Gasteiger partial charge in [-0.05, 0) is 12.1 Å². The summed E-state index contributed by atoms with van der Waals surface area (Å²) in [6.45, 7) is 0. The molecule has 1 N–H and O–H groups in total. The molecule has 0 saturated heterocycles. The first-order valence-corrected chi connectivity index (χ1v) is 6.16. The van der Waals surface area contributed by atoms with E-state index < -0.39 is 6.10 Å². The van der Waals surface area contributed by atoms with Crippen LogP contribution in [0, 0.1) is 0 Å². The molecule has 0 aliphatic heterocycles. The van der Waals surface area contributed by atoms with Gasteiger partial charge < -0.3 is 9.84 Å². The molecule has 1 atom stereocenters. The summed E-state index contributed by atoms with van der Waals surface area (Å²) < 4.78 is 5.03. The number of nitrogens with zero attached hydrogens (tertiary/aromatic N) is 3. The average Bonchev–Trinajstić information content (AvgIpc) is 2.53. The lowest BCUT2D eigenvalue weighted by atomic mass is 10.1. The number of aromatic nitrogens is 3. The number of ether oxygens (including phenoxy) is 1. The number of rotatable bonds is 3. The van der Waals surface area contributed by atoms with E-state index in [4.69, 9.17) is 4.74 Å². The van der Waals surface area contributed by atoms with Crippen LogP contribution in [-0.4, -0.2) is 27.2 Å². The topological polar surface area (TPSA) is 68.1 Å². The van der Waals surface area contributed by atoms with Crippen LogP contribution in [0.25, 0.3) is 10.9 Å². The number of fused-ring (bicyclic) bond motifs is 1. The van der Waals surface area contributed by atoms with Gasteiger partial charge in [0.25, 0.3) is 0 Å². The van der Waals surface area contributed by atoms with Crippen molar-refractivity contribution in [2.45, 2.75) is 6.10 Å². The maximum Gasteiger partial charge on any atom is 0.216 e. The van der Waals surface area contributed by atoms with E-state index in [0.29, 0.717) is 17.1 Å². The lowest BCUT2D eigenvalue weighted by Gasteiger charge is -2.11. The van der Waals surface area contributed by atoms with Gasteiger partial charge in [0, 0.05) is 23.2 Å². The number of methoxy groups -OCH3 is 1. The fraction of sp³-hybridized carbons (Fsp3) is 0.133. The van der Waals surface area contributed by atoms with Crippen LogP contribution in [0.2, 0.25) is 0 Å². The van der Waals surface area contributed by atoms with E-state index in [1.807, 2.05) is 30.3 Å². The summed E-state index contributed by atoms with van der Waals surface area (Å²) in [5.74, 6) is 0.419. The summed E-state index contributed by atoms with van der Waals surface area (Å²) in [4.78, 5) is 12.3. The summed E-state index contributed by atoms with van der Waals surface area (Å²) in [5, 5.41) is 11.4. The zero-order valence-corrected chi connectivity index (χ0v) is 10.9. The highest BCUT2D eigenvalue weighted by Crippen LogP contribution is 2.24. The number of pyridine rings is 1. The second kappa shape index (κ2) is 5.22. The fourth-order valence-electron chi connectivity index (χ4n) is 2.02. The Morgan fingerprint density at radius 3 is 2.80 bits per heavy atom. The third kappa shape index (κ3) is 2.31. The Morgan fingerprint density at radius 2 is 1.95 bits per heavy atom. The maximum absolute atomic E-state index is 10.4. The van der Waals surface area contributed by atoms with Gasteiger partial charge in [-0.3, -0.25) is 4.98 Å². The zero-order chi connectivity index (χ0) is 13.9. The minimum Gasteiger partial charge on any atom is -0.481 e. The molecule has 2 heterocycles. The van der Waals surface area contributed by atoms with Crippen molar-refractivity contribution in [1.82, 2.24) is 15.0 Å². The Kier molecular flexibility index (Phi) is 3.26. The van der Waals surface area contributed by atoms with E-state index in [2.05, 4.69) is 15.0 Å². The molecule has 1 unspecified atom stereocenters. The van der Waals surface area contributed by atoms with Crippen molar-refractivity contribution in [3.8, 4) is 5.88 Å². The van der Waals surface area contributed by atoms with Gasteiger partial charge in [0.15, 0.2) is 0 Å². The molecular weight excluding hydrogens is 254 g/mol. The van der Waals surface area contributed by atoms with E-state index >= 15 is 0 Å². The van der Waals surface area contributed by atoms with Crippen LogP contribution in [0.3, 0.4) is 0 Å². The number of hydrogen-bond donors (Lipinski definition) is 1. The molecule has 0 amide bonds. The van der Waals surface area contributed by atoms with E-state index in [-0.39, 0.29) is 0 Å². The molecule has 2 aromatic heterocycles. The molecule has 0 saturated carbocycles. The number of aliphatic hydroxyl groups excluding tert-OH is 1. The molecule has 100 valence electrons. The Bertz CT molecular complexity index is 746. The minimum atomic E-state index is -0.857. The fourth-order valence-corrected chi connectivity index (χ4v) is 2.02. The first-order chi connectivity index (χ1) is 9.78. The van der Waals surface area contributed by atoms with Gasteiger partial charge in [-0.25, -0.2) is 9.97 Å². The standard InChI is InChI=1S/C15H13N3O2/c1-20-14-7-13(17-9-18-14)15(19)11-6-10-4-2-3-5-12(10)16-8-11/h2-9,15,19H,1H3. The SMILES string of the molecule is COc1cc(C(O)c2cnc3ccccc3c2)ncn1. The molecule has 0 fully saturated rings. The number of aliphatic hydroxyl groups is 1. The summed E-state index contributed by atoms with van der Waals surface area (Å²) >= 11 is 0. The Hall–Kier alpha value is -2.53. The van der Waals surface area contributed by atoms with Crippen molar-refractivity contribution in [2.24, 2.45) is 0 Å². The van der Waals surface area contributed by atoms with Gasteiger partial charge in [0.2, 0.25) is 5.88 Å². The lowest BCUT2D eigenvalue weighted by Crippen LogP contribution is -2.04. The van der Waals surface area contributed by atoms with Crippen molar-refractivity contribution < 1.29 is 9.84 Å². The predicted octanol–water partition coefficient (Wildman–Crippen LogP) is 2.12. The molecule has 1 aromatic carbocycles. The molecule has 0 spiro atoms. The Labute approximate surface area is 115 Å². The number of benzene rings is 1. The molecule has 5 heteroatoms. The van der Waals surface area contributed by atoms with Crippen LogP contribution in [0.1, 0.15) is 17.4 Å². The molecule has 0 aliphatic rings. The van der Waals surface area contributed by atoms with Gasteiger partial charge >= 0.3 is 0 Å². The monoisotopic (exact) mass is 267 g/mol. The smallest absolute Gasteiger partial charge is 0.216 e. The summed E-state index contributed by atoms with van der Waals surface area (Å²) in [7, 11) is 1.52. The van der Waals surface area contributed by atoms with Crippen LogP contribution < -0.4 is 4.74 Å². The van der Waals surface area contributed by atoms with E-state index in [1.165, 1.54) is 13.4 Å². The Balaban J connectivity index is 2.00. The molecule has 3 aromatic rings. The Morgan fingerprint density at radius 1 is 1.10 bits per heavy atom. The lowest BCUT2D eigenvalue weighted by molar-refractivity contribution is 0.214. The quantitative estimate of drug-likeness (QED) is 0.787. The maximum atomic E-state index is 10.4. The predicted molar refractivity (Wildman–Crippen MR) is 74.4 cm³/mol. The van der Waals surface area contributed by atoms with Gasteiger partial charge in [0.1, 0.15) is 12.4 Å². The van der Waals surface area contributed by atoms with Gasteiger partial charge in [-0.1, -0.05) is 18.2 Å². The first kappa shape index (κ1) is 12.5. The van der Waals surface area contributed by atoms with Crippen LogP contribution in [0.5, 0.6) is 5.88 Å². The number of para-hydroxylation sites is 1. The molecule has 0 aliphatic carbocycles. The molecule has 20 heavy (non-hydrogen) atoms. The van der Waals surface area contributed by atoms with E-state index in [9.17, 15) is 5.11 Å². The third-order valence-corrected chi connectivity index (χ3v) is 3.08. The minimum absolute atomic E-state index is 0.419. The van der Waals surface area contributed by atoms with Gasteiger partial charge in [-0.2, -0.15) is 0 Å². The van der Waals surface area contributed by atoms with Crippen molar-refractivity contribution in [2.75, 3.05) is 7.11 Å². The molecule has 0 radical (unpaired) electrons. The normalized spacial score (nSPS) is 12.3. The van der Waals surface area contributed by atoms with Crippen LogP contribution in [-0.2, 0) is 0 Å². The average molecular weight is 267 g/mol. The van der Waals surface area contributed by atoms with Crippen LogP contribution in [0.15, 0.2) is 48.9 Å². The molecule has 5 nitrogen and oxygen atoms in total. The van der Waals surface area contributed by atoms with E-state index in [1.54, 1.807) is 12.3 Å². The largest absolute Gasteiger partial charge is 0.481 e. The highest BCUT2D eigenvalue weighted by Gasteiger charge is 2.14.